The van der Waals surface area contributed by atoms with E-state index in [0.717, 1.165) is 11.3 Å². The van der Waals surface area contributed by atoms with Crippen LogP contribution >= 0.6 is 11.6 Å². The molecule has 1 fully saturated rings. The third-order valence-electron chi connectivity index (χ3n) is 6.17. The molecule has 2 N–H and O–H groups in total. The summed E-state index contributed by atoms with van der Waals surface area (Å²) in [5.74, 6) is -0.295. The van der Waals surface area contributed by atoms with Crippen molar-refractivity contribution < 1.29 is 14.7 Å². The van der Waals surface area contributed by atoms with Gasteiger partial charge in [-0.25, -0.2) is 4.79 Å². The smallest absolute Gasteiger partial charge is 0.322 e. The summed E-state index contributed by atoms with van der Waals surface area (Å²) in [6, 6.07) is 18.8. The van der Waals surface area contributed by atoms with E-state index in [0.29, 0.717) is 22.9 Å². The first-order chi connectivity index (χ1) is 15.6. The van der Waals surface area contributed by atoms with Crippen LogP contribution in [0, 0.1) is 0 Å². The fraction of sp³-hybridized carbons (Fsp3) is 0.208. The van der Waals surface area contributed by atoms with Crippen molar-refractivity contribution in [3.05, 3.63) is 89.2 Å². The number of anilines is 2. The minimum atomic E-state index is -0.393. The molecule has 5 rings (SSSR count). The molecule has 3 aromatic rings. The van der Waals surface area contributed by atoms with Gasteiger partial charge in [0.05, 0.1) is 29.4 Å². The van der Waals surface area contributed by atoms with Crippen molar-refractivity contribution >= 4 is 34.9 Å². The molecule has 0 saturated carbocycles. The molecule has 0 bridgehead atoms. The first-order valence-electron chi connectivity index (χ1n) is 10.4. The van der Waals surface area contributed by atoms with Crippen LogP contribution in [0.25, 0.3) is 0 Å². The van der Waals surface area contributed by atoms with Crippen molar-refractivity contribution in [3.8, 4) is 0 Å². The number of para-hydroxylation sites is 2. The molecule has 1 aromatic heterocycles. The topological polar surface area (TPSA) is 85.8 Å². The van der Waals surface area contributed by atoms with E-state index in [4.69, 9.17) is 11.6 Å². The Hall–Kier alpha value is -3.42. The molecule has 32 heavy (non-hydrogen) atoms. The van der Waals surface area contributed by atoms with Crippen LogP contribution in [0.4, 0.5) is 16.2 Å². The van der Waals surface area contributed by atoms with E-state index in [1.54, 1.807) is 58.5 Å². The lowest BCUT2D eigenvalue weighted by Crippen LogP contribution is -2.71. The number of amides is 3. The number of urea groups is 1. The van der Waals surface area contributed by atoms with Crippen molar-refractivity contribution in [2.45, 2.75) is 18.0 Å². The second kappa shape index (κ2) is 8.26. The summed E-state index contributed by atoms with van der Waals surface area (Å²) >= 11 is 6.20. The Bertz CT molecular complexity index is 1170. The highest BCUT2D eigenvalue weighted by Crippen LogP contribution is 2.48. The van der Waals surface area contributed by atoms with Gasteiger partial charge in [-0.3, -0.25) is 9.78 Å². The zero-order chi connectivity index (χ0) is 22.2. The number of benzene rings is 2. The molecule has 7 nitrogen and oxygen atoms in total. The summed E-state index contributed by atoms with van der Waals surface area (Å²) in [7, 11) is 0. The molecule has 0 aliphatic carbocycles. The van der Waals surface area contributed by atoms with E-state index in [9.17, 15) is 14.7 Å². The fourth-order valence-electron chi connectivity index (χ4n) is 4.73. The Morgan fingerprint density at radius 3 is 2.56 bits per heavy atom. The molecule has 162 valence electrons. The van der Waals surface area contributed by atoms with Crippen molar-refractivity contribution in [1.82, 2.24) is 9.88 Å². The normalized spacial score (nSPS) is 21.2. The van der Waals surface area contributed by atoms with Crippen LogP contribution in [0.5, 0.6) is 0 Å². The van der Waals surface area contributed by atoms with Crippen LogP contribution in [0.1, 0.15) is 22.0 Å². The van der Waals surface area contributed by atoms with Gasteiger partial charge in [-0.1, -0.05) is 48.0 Å². The Kier molecular flexibility index (Phi) is 5.28. The van der Waals surface area contributed by atoms with E-state index in [1.807, 2.05) is 24.3 Å². The number of rotatable bonds is 3. The van der Waals surface area contributed by atoms with Crippen LogP contribution in [0.2, 0.25) is 5.02 Å². The molecule has 3 heterocycles. The molecule has 2 aliphatic rings. The first kappa shape index (κ1) is 20.5. The second-order valence-electron chi connectivity index (χ2n) is 7.85. The Morgan fingerprint density at radius 2 is 1.81 bits per heavy atom. The van der Waals surface area contributed by atoms with Gasteiger partial charge in [0.15, 0.2) is 0 Å². The van der Waals surface area contributed by atoms with Gasteiger partial charge in [-0.05, 0) is 35.9 Å². The summed E-state index contributed by atoms with van der Waals surface area (Å²) in [4.78, 5) is 33.9. The first-order valence-corrected chi connectivity index (χ1v) is 10.7. The predicted octanol–water partition coefficient (Wildman–Crippen LogP) is 3.76. The SMILES string of the molecule is O=C(c1ccccn1)N1C[C@H]2[C@@H](c3ccccc31)[C@H](CO)N2C(=O)Nc1ccccc1Cl. The molecule has 8 heteroatoms. The summed E-state index contributed by atoms with van der Waals surface area (Å²) < 4.78 is 0. The maximum atomic E-state index is 13.3. The molecule has 0 radical (unpaired) electrons. The lowest BCUT2D eigenvalue weighted by atomic mass is 9.72. The number of pyridine rings is 1. The highest BCUT2D eigenvalue weighted by molar-refractivity contribution is 6.33. The quantitative estimate of drug-likeness (QED) is 0.639. The number of carbonyl (C=O) groups excluding carboxylic acids is 2. The maximum Gasteiger partial charge on any atom is 0.322 e. The van der Waals surface area contributed by atoms with Gasteiger partial charge in [0.25, 0.3) is 5.91 Å². The average molecular weight is 449 g/mol. The third-order valence-corrected chi connectivity index (χ3v) is 6.50. The number of hydrogen-bond donors (Lipinski definition) is 2. The molecule has 0 spiro atoms. The summed E-state index contributed by atoms with van der Waals surface area (Å²) in [5, 5.41) is 13.4. The van der Waals surface area contributed by atoms with Crippen LogP contribution in [0.3, 0.4) is 0 Å². The van der Waals surface area contributed by atoms with Crippen molar-refractivity contribution in [1.29, 1.82) is 0 Å². The molecule has 2 aliphatic heterocycles. The standard InChI is InChI=1S/C24H21ClN4O3/c25-16-8-2-3-9-17(16)27-24(32)29-20-13-28(23(31)18-10-5-6-12-26-18)19-11-4-1-7-15(19)22(20)21(29)14-30/h1-12,20-22,30H,13-14H2,(H,27,32)/t20-,21-,22+/m0/s1. The van der Waals surface area contributed by atoms with Crippen molar-refractivity contribution in [2.75, 3.05) is 23.4 Å². The molecule has 2 aromatic carbocycles. The monoisotopic (exact) mass is 448 g/mol. The number of aliphatic hydroxyl groups excluding tert-OH is 1. The van der Waals surface area contributed by atoms with Gasteiger partial charge in [-0.2, -0.15) is 0 Å². The number of carbonyl (C=O) groups is 2. The zero-order valence-electron chi connectivity index (χ0n) is 17.1. The average Bonchev–Trinajstić information content (AvgIpc) is 2.81. The molecule has 0 unspecified atom stereocenters. The van der Waals surface area contributed by atoms with Crippen LogP contribution in [-0.2, 0) is 0 Å². The predicted molar refractivity (Wildman–Crippen MR) is 122 cm³/mol. The minimum absolute atomic E-state index is 0.0685. The number of likely N-dealkylation sites (tertiary alicyclic amines) is 1. The Morgan fingerprint density at radius 1 is 1.06 bits per heavy atom. The summed E-state index contributed by atoms with van der Waals surface area (Å²) in [6.45, 7) is 0.128. The highest BCUT2D eigenvalue weighted by atomic mass is 35.5. The number of nitrogens with one attached hydrogen (secondary N) is 1. The third kappa shape index (κ3) is 3.30. The molecule has 3 amide bonds. The number of hydrogen-bond acceptors (Lipinski definition) is 4. The molecular formula is C24H21ClN4O3. The van der Waals surface area contributed by atoms with E-state index >= 15 is 0 Å². The van der Waals surface area contributed by atoms with Crippen LogP contribution in [0.15, 0.2) is 72.9 Å². The zero-order valence-corrected chi connectivity index (χ0v) is 17.8. The number of aromatic nitrogens is 1. The van der Waals surface area contributed by atoms with Crippen LogP contribution < -0.4 is 10.2 Å². The number of halogens is 1. The van der Waals surface area contributed by atoms with Crippen molar-refractivity contribution in [3.63, 3.8) is 0 Å². The molecular weight excluding hydrogens is 428 g/mol. The molecule has 3 atom stereocenters. The maximum absolute atomic E-state index is 13.3. The Balaban J connectivity index is 1.48. The molecule has 1 saturated heterocycles. The van der Waals surface area contributed by atoms with Gasteiger partial charge >= 0.3 is 6.03 Å². The van der Waals surface area contributed by atoms with E-state index < -0.39 is 6.04 Å². The van der Waals surface area contributed by atoms with Gasteiger partial charge < -0.3 is 20.2 Å². The van der Waals surface area contributed by atoms with E-state index in [2.05, 4.69) is 10.3 Å². The minimum Gasteiger partial charge on any atom is -0.394 e. The van der Waals surface area contributed by atoms with Gasteiger partial charge in [0.1, 0.15) is 5.69 Å². The van der Waals surface area contributed by atoms with Crippen LogP contribution in [-0.4, -0.2) is 52.2 Å². The Labute approximate surface area is 190 Å². The number of aliphatic hydroxyl groups is 1. The van der Waals surface area contributed by atoms with E-state index in [1.165, 1.54) is 0 Å². The number of nitrogens with zero attached hydrogens (tertiary/aromatic N) is 3. The number of fused-ring (bicyclic) bond motifs is 3. The summed E-state index contributed by atoms with van der Waals surface area (Å²) in [6.07, 6.45) is 1.58. The fourth-order valence-corrected chi connectivity index (χ4v) is 4.91. The van der Waals surface area contributed by atoms with Crippen molar-refractivity contribution in [2.24, 2.45) is 0 Å². The van der Waals surface area contributed by atoms with E-state index in [-0.39, 0.29) is 30.5 Å². The second-order valence-corrected chi connectivity index (χ2v) is 8.26. The van der Waals surface area contributed by atoms with Gasteiger partial charge in [0.2, 0.25) is 0 Å². The largest absolute Gasteiger partial charge is 0.394 e. The van der Waals surface area contributed by atoms with Gasteiger partial charge in [-0.15, -0.1) is 0 Å². The lowest BCUT2D eigenvalue weighted by molar-refractivity contribution is -0.00267. The highest BCUT2D eigenvalue weighted by Gasteiger charge is 2.55. The summed E-state index contributed by atoms with van der Waals surface area (Å²) in [5.41, 5.74) is 2.56. The lowest BCUT2D eigenvalue weighted by Gasteiger charge is -2.58. The van der Waals surface area contributed by atoms with Gasteiger partial charge in [0, 0.05) is 24.3 Å².